The Bertz CT molecular complexity index is 1180. The van der Waals surface area contributed by atoms with Crippen molar-refractivity contribution in [3.05, 3.63) is 76.8 Å². The third-order valence-electron chi connectivity index (χ3n) is 6.49. The molecule has 7 heteroatoms. The maximum absolute atomic E-state index is 13.4. The molecule has 4 atom stereocenters. The minimum absolute atomic E-state index is 0.0140. The molecule has 0 bridgehead atoms. The molecule has 1 N–H and O–H groups in total. The second kappa shape index (κ2) is 8.75. The van der Waals surface area contributed by atoms with Gasteiger partial charge in [0.25, 0.3) is 0 Å². The summed E-state index contributed by atoms with van der Waals surface area (Å²) in [6.07, 6.45) is 2.93. The Morgan fingerprint density at radius 3 is 2.75 bits per heavy atom. The molecule has 0 amide bonds. The number of aryl methyl sites for hydroxylation is 1. The number of hydrogen-bond donors (Lipinski definition) is 1. The summed E-state index contributed by atoms with van der Waals surface area (Å²) in [4.78, 5) is 14.2. The lowest BCUT2D eigenvalue weighted by molar-refractivity contribution is -0.147. The SMILES string of the molecule is CCOC(=O)C1(NS(=O)c2ccc(-c3ccc(Cl)cc3)s2)C2CCCc3ccccc3C21. The van der Waals surface area contributed by atoms with E-state index in [1.54, 1.807) is 0 Å². The first-order chi connectivity index (χ1) is 15.5. The normalized spacial score (nSPS) is 24.7. The lowest BCUT2D eigenvalue weighted by Crippen LogP contribution is -2.45. The second-order valence-electron chi connectivity index (χ2n) is 8.26. The molecule has 1 saturated carbocycles. The quantitative estimate of drug-likeness (QED) is 0.453. The fourth-order valence-corrected chi connectivity index (χ4v) is 7.52. The Balaban J connectivity index is 1.45. The highest BCUT2D eigenvalue weighted by molar-refractivity contribution is 7.85. The van der Waals surface area contributed by atoms with Crippen molar-refractivity contribution in [2.75, 3.05) is 6.61 Å². The van der Waals surface area contributed by atoms with Crippen LogP contribution in [0.25, 0.3) is 10.4 Å². The van der Waals surface area contributed by atoms with Crippen molar-refractivity contribution < 1.29 is 13.7 Å². The number of halogens is 1. The van der Waals surface area contributed by atoms with Gasteiger partial charge in [0.2, 0.25) is 0 Å². The van der Waals surface area contributed by atoms with Crippen LogP contribution < -0.4 is 4.72 Å². The van der Waals surface area contributed by atoms with Gasteiger partial charge in [-0.15, -0.1) is 11.3 Å². The molecule has 1 aromatic heterocycles. The summed E-state index contributed by atoms with van der Waals surface area (Å²) in [7, 11) is -1.53. The van der Waals surface area contributed by atoms with Crippen molar-refractivity contribution >= 4 is 39.9 Å². The molecule has 4 nitrogen and oxygen atoms in total. The molecule has 2 aliphatic carbocycles. The predicted molar refractivity (Wildman–Crippen MR) is 129 cm³/mol. The second-order valence-corrected chi connectivity index (χ2v) is 11.2. The number of benzene rings is 2. The third-order valence-corrected chi connectivity index (χ3v) is 9.40. The highest BCUT2D eigenvalue weighted by atomic mass is 35.5. The topological polar surface area (TPSA) is 55.4 Å². The van der Waals surface area contributed by atoms with Crippen LogP contribution in [0.15, 0.2) is 64.9 Å². The molecule has 3 aromatic rings. The van der Waals surface area contributed by atoms with E-state index < -0.39 is 16.5 Å². The van der Waals surface area contributed by atoms with E-state index in [1.165, 1.54) is 22.5 Å². The van der Waals surface area contributed by atoms with Crippen LogP contribution in [-0.4, -0.2) is 22.3 Å². The Kier molecular flexibility index (Phi) is 5.97. The van der Waals surface area contributed by atoms with Gasteiger partial charge in [-0.1, -0.05) is 48.0 Å². The first-order valence-corrected chi connectivity index (χ1v) is 13.2. The van der Waals surface area contributed by atoms with E-state index in [9.17, 15) is 9.00 Å². The van der Waals surface area contributed by atoms with Crippen LogP contribution in [-0.2, 0) is 26.9 Å². The molecule has 0 radical (unpaired) electrons. The summed E-state index contributed by atoms with van der Waals surface area (Å²) in [6, 6.07) is 19.7. The van der Waals surface area contributed by atoms with Crippen molar-refractivity contribution in [1.29, 1.82) is 0 Å². The van der Waals surface area contributed by atoms with Crippen molar-refractivity contribution in [2.24, 2.45) is 5.92 Å². The zero-order valence-corrected chi connectivity index (χ0v) is 20.1. The van der Waals surface area contributed by atoms with Gasteiger partial charge in [-0.25, -0.2) is 13.7 Å². The smallest absolute Gasteiger partial charge is 0.328 e. The van der Waals surface area contributed by atoms with Gasteiger partial charge < -0.3 is 4.74 Å². The van der Waals surface area contributed by atoms with Crippen LogP contribution in [0.2, 0.25) is 5.02 Å². The Hall–Kier alpha value is -1.99. The lowest BCUT2D eigenvalue weighted by atomic mass is 9.97. The molecular weight excluding hydrogens is 462 g/mol. The number of thiophene rings is 1. The molecule has 1 fully saturated rings. The van der Waals surface area contributed by atoms with E-state index in [-0.39, 0.29) is 17.8 Å². The number of fused-ring (bicyclic) bond motifs is 3. The lowest BCUT2D eigenvalue weighted by Gasteiger charge is -2.20. The van der Waals surface area contributed by atoms with Crippen molar-refractivity contribution in [3.63, 3.8) is 0 Å². The number of carbonyl (C=O) groups excluding carboxylic acids is 1. The number of ether oxygens (including phenoxy) is 1. The van der Waals surface area contributed by atoms with Gasteiger partial charge in [0.1, 0.15) is 20.7 Å². The van der Waals surface area contributed by atoms with Crippen molar-refractivity contribution in [3.8, 4) is 10.4 Å². The van der Waals surface area contributed by atoms with Crippen molar-refractivity contribution in [1.82, 2.24) is 4.72 Å². The summed E-state index contributed by atoms with van der Waals surface area (Å²) >= 11 is 7.46. The van der Waals surface area contributed by atoms with Gasteiger partial charge in [0.05, 0.1) is 6.61 Å². The molecular formula is C25H24ClNO3S2. The largest absolute Gasteiger partial charge is 0.465 e. The fraction of sp³-hybridized carbons (Fsp3) is 0.320. The zero-order chi connectivity index (χ0) is 22.3. The minimum Gasteiger partial charge on any atom is -0.465 e. The van der Waals surface area contributed by atoms with E-state index in [0.29, 0.717) is 15.8 Å². The van der Waals surface area contributed by atoms with Crippen LogP contribution in [0.4, 0.5) is 0 Å². The summed E-state index contributed by atoms with van der Waals surface area (Å²) < 4.78 is 22.9. The summed E-state index contributed by atoms with van der Waals surface area (Å²) in [5.41, 5.74) is 2.54. The highest BCUT2D eigenvalue weighted by Crippen LogP contribution is 2.62. The molecule has 166 valence electrons. The molecule has 32 heavy (non-hydrogen) atoms. The van der Waals surface area contributed by atoms with Gasteiger partial charge in [-0.3, -0.25) is 0 Å². The molecule has 1 heterocycles. The molecule has 2 aromatic carbocycles. The standard InChI is InChI=1S/C25H24ClNO3S2/c1-2-30-24(28)25(20-9-5-7-16-6-3-4-8-19(16)23(20)25)27-32(29)22-15-14-21(31-22)17-10-12-18(26)13-11-17/h3-4,6,8,10-15,20,23,27H,2,5,7,9H2,1H3. The van der Waals surface area contributed by atoms with Gasteiger partial charge in [-0.2, -0.15) is 0 Å². The number of hydrogen-bond acceptors (Lipinski definition) is 4. The number of nitrogens with one attached hydrogen (secondary N) is 1. The minimum atomic E-state index is -1.53. The Morgan fingerprint density at radius 1 is 1.19 bits per heavy atom. The van der Waals surface area contributed by atoms with Crippen LogP contribution in [0.5, 0.6) is 0 Å². The monoisotopic (exact) mass is 485 g/mol. The van der Waals surface area contributed by atoms with Gasteiger partial charge in [0.15, 0.2) is 0 Å². The van der Waals surface area contributed by atoms with Crippen LogP contribution >= 0.6 is 22.9 Å². The molecule has 5 rings (SSSR count). The Morgan fingerprint density at radius 2 is 1.97 bits per heavy atom. The van der Waals surface area contributed by atoms with E-state index in [0.717, 1.165) is 29.7 Å². The van der Waals surface area contributed by atoms with E-state index in [4.69, 9.17) is 16.3 Å². The predicted octanol–water partition coefficient (Wildman–Crippen LogP) is 5.73. The first-order valence-electron chi connectivity index (χ1n) is 10.8. The molecule has 0 spiro atoms. The van der Waals surface area contributed by atoms with E-state index in [1.807, 2.05) is 55.5 Å². The molecule has 2 aliphatic rings. The Labute approximate surface area is 199 Å². The van der Waals surface area contributed by atoms with Gasteiger partial charge >= 0.3 is 5.97 Å². The van der Waals surface area contributed by atoms with Gasteiger partial charge in [0, 0.05) is 15.8 Å². The highest BCUT2D eigenvalue weighted by Gasteiger charge is 2.72. The van der Waals surface area contributed by atoms with Crippen LogP contribution in [0.1, 0.15) is 36.8 Å². The fourth-order valence-electron chi connectivity index (χ4n) is 5.00. The molecule has 4 unspecified atom stereocenters. The number of rotatable bonds is 6. The van der Waals surface area contributed by atoms with E-state index >= 15 is 0 Å². The maximum Gasteiger partial charge on any atom is 0.328 e. The number of carbonyl (C=O) groups is 1. The summed E-state index contributed by atoms with van der Waals surface area (Å²) in [5, 5.41) is 0.680. The summed E-state index contributed by atoms with van der Waals surface area (Å²) in [6.45, 7) is 2.11. The number of esters is 1. The van der Waals surface area contributed by atoms with Gasteiger partial charge in [-0.05, 0) is 73.1 Å². The summed E-state index contributed by atoms with van der Waals surface area (Å²) in [5.74, 6) is -0.223. The van der Waals surface area contributed by atoms with Crippen LogP contribution in [0.3, 0.4) is 0 Å². The van der Waals surface area contributed by atoms with Crippen molar-refractivity contribution in [2.45, 2.75) is 41.9 Å². The first kappa shape index (κ1) is 21.8. The zero-order valence-electron chi connectivity index (χ0n) is 17.7. The molecule has 0 saturated heterocycles. The third kappa shape index (κ3) is 3.73. The van der Waals surface area contributed by atoms with Crippen LogP contribution in [0, 0.1) is 5.92 Å². The maximum atomic E-state index is 13.4. The average molecular weight is 486 g/mol. The average Bonchev–Trinajstić information content (AvgIpc) is 3.22. The van der Waals surface area contributed by atoms with E-state index in [2.05, 4.69) is 16.9 Å². The molecule has 0 aliphatic heterocycles.